The van der Waals surface area contributed by atoms with Crippen LogP contribution in [0.1, 0.15) is 5.56 Å². The van der Waals surface area contributed by atoms with Gasteiger partial charge in [0, 0.05) is 6.42 Å². The average Bonchev–Trinajstić information content (AvgIpc) is 2.64. The Labute approximate surface area is 146 Å². The maximum absolute atomic E-state index is 11.5. The molecule has 3 aromatic rings. The molecule has 0 unspecified atom stereocenters. The van der Waals surface area contributed by atoms with Crippen LogP contribution in [0.3, 0.4) is 0 Å². The largest absolute Gasteiger partial charge is 0.478 e. The summed E-state index contributed by atoms with van der Waals surface area (Å²) in [6.45, 7) is 0. The third-order valence-corrected chi connectivity index (χ3v) is 3.62. The molecule has 25 heavy (non-hydrogen) atoms. The Balaban J connectivity index is 1.65. The van der Waals surface area contributed by atoms with Crippen molar-refractivity contribution in [1.29, 1.82) is 0 Å². The van der Waals surface area contributed by atoms with Gasteiger partial charge in [-0.3, -0.25) is 0 Å². The minimum atomic E-state index is -0.992. The van der Waals surface area contributed by atoms with Crippen molar-refractivity contribution in [2.75, 3.05) is 0 Å². The highest BCUT2D eigenvalue weighted by atomic mass is 16.5. The molecule has 126 valence electrons. The van der Waals surface area contributed by atoms with Gasteiger partial charge in [-0.05, 0) is 42.0 Å². The van der Waals surface area contributed by atoms with Crippen molar-refractivity contribution >= 4 is 5.97 Å². The van der Waals surface area contributed by atoms with Crippen molar-refractivity contribution in [3.05, 3.63) is 90.5 Å². The molecule has 4 heteroatoms. The topological polar surface area (TPSA) is 55.8 Å². The summed E-state index contributed by atoms with van der Waals surface area (Å²) >= 11 is 0. The van der Waals surface area contributed by atoms with E-state index < -0.39 is 12.1 Å². The van der Waals surface area contributed by atoms with E-state index in [-0.39, 0.29) is 6.42 Å². The molecule has 0 fully saturated rings. The van der Waals surface area contributed by atoms with Crippen molar-refractivity contribution in [3.63, 3.8) is 0 Å². The van der Waals surface area contributed by atoms with Gasteiger partial charge in [0.15, 0.2) is 6.10 Å². The van der Waals surface area contributed by atoms with Gasteiger partial charge in [-0.25, -0.2) is 4.79 Å². The van der Waals surface area contributed by atoms with Crippen molar-refractivity contribution in [1.82, 2.24) is 0 Å². The van der Waals surface area contributed by atoms with E-state index >= 15 is 0 Å². The first-order valence-electron chi connectivity index (χ1n) is 7.97. The van der Waals surface area contributed by atoms with E-state index in [9.17, 15) is 9.90 Å². The van der Waals surface area contributed by atoms with Gasteiger partial charge in [0.05, 0.1) is 0 Å². The number of aliphatic carboxylic acids is 1. The summed E-state index contributed by atoms with van der Waals surface area (Å²) < 4.78 is 11.3. The number of carbonyl (C=O) groups is 1. The van der Waals surface area contributed by atoms with Crippen molar-refractivity contribution in [2.24, 2.45) is 0 Å². The number of carboxylic acids is 1. The third kappa shape index (κ3) is 4.85. The summed E-state index contributed by atoms with van der Waals surface area (Å²) in [6, 6.07) is 25.8. The molecular weight excluding hydrogens is 316 g/mol. The highest BCUT2D eigenvalue weighted by molar-refractivity contribution is 5.73. The molecule has 3 rings (SSSR count). The van der Waals surface area contributed by atoms with Crippen LogP contribution >= 0.6 is 0 Å². The Hall–Kier alpha value is -3.27. The Kier molecular flexibility index (Phi) is 5.32. The van der Waals surface area contributed by atoms with Gasteiger partial charge in [0.2, 0.25) is 0 Å². The lowest BCUT2D eigenvalue weighted by Crippen LogP contribution is -2.29. The predicted octanol–water partition coefficient (Wildman–Crippen LogP) is 4.55. The standard InChI is InChI=1S/C21H18O4/c22-21(23)20(25-18-9-5-2-6-10-18)15-16-11-13-19(14-12-16)24-17-7-3-1-4-8-17/h1-14,20H,15H2,(H,22,23)/t20-/m1/s1. The predicted molar refractivity (Wildman–Crippen MR) is 95.2 cm³/mol. The second kappa shape index (κ2) is 8.02. The number of rotatable bonds is 7. The fraction of sp³-hybridized carbons (Fsp3) is 0.0952. The van der Waals surface area contributed by atoms with Gasteiger partial charge >= 0.3 is 5.97 Å². The van der Waals surface area contributed by atoms with E-state index in [2.05, 4.69) is 0 Å². The van der Waals surface area contributed by atoms with Crippen LogP contribution in [-0.2, 0) is 11.2 Å². The number of para-hydroxylation sites is 2. The van der Waals surface area contributed by atoms with Crippen LogP contribution in [0.5, 0.6) is 17.2 Å². The zero-order chi connectivity index (χ0) is 17.5. The molecule has 1 N–H and O–H groups in total. The molecule has 0 saturated carbocycles. The first-order valence-corrected chi connectivity index (χ1v) is 7.97. The summed E-state index contributed by atoms with van der Waals surface area (Å²) in [4.78, 5) is 11.5. The summed E-state index contributed by atoms with van der Waals surface area (Å²) in [7, 11) is 0. The van der Waals surface area contributed by atoms with Gasteiger partial charge in [0.25, 0.3) is 0 Å². The minimum Gasteiger partial charge on any atom is -0.478 e. The van der Waals surface area contributed by atoms with Crippen LogP contribution in [0.15, 0.2) is 84.9 Å². The molecule has 0 spiro atoms. The second-order valence-electron chi connectivity index (χ2n) is 5.52. The summed E-state index contributed by atoms with van der Waals surface area (Å²) in [5.74, 6) is 1.00. The van der Waals surface area contributed by atoms with Crippen LogP contribution in [-0.4, -0.2) is 17.2 Å². The van der Waals surface area contributed by atoms with Gasteiger partial charge in [-0.15, -0.1) is 0 Å². The van der Waals surface area contributed by atoms with Crippen LogP contribution in [0.25, 0.3) is 0 Å². The summed E-state index contributed by atoms with van der Waals surface area (Å²) in [5, 5.41) is 9.40. The first-order chi connectivity index (χ1) is 12.2. The highest BCUT2D eigenvalue weighted by Gasteiger charge is 2.20. The quantitative estimate of drug-likeness (QED) is 0.688. The molecule has 3 aromatic carbocycles. The van der Waals surface area contributed by atoms with Crippen molar-refractivity contribution in [2.45, 2.75) is 12.5 Å². The van der Waals surface area contributed by atoms with Crippen molar-refractivity contribution < 1.29 is 19.4 Å². The lowest BCUT2D eigenvalue weighted by Gasteiger charge is -2.15. The maximum Gasteiger partial charge on any atom is 0.345 e. The van der Waals surface area contributed by atoms with Gasteiger partial charge in [-0.2, -0.15) is 0 Å². The molecule has 0 aromatic heterocycles. The van der Waals surface area contributed by atoms with E-state index in [4.69, 9.17) is 9.47 Å². The molecule has 0 saturated heterocycles. The van der Waals surface area contributed by atoms with Crippen LogP contribution in [0, 0.1) is 0 Å². The Morgan fingerprint density at radius 1 is 0.760 bits per heavy atom. The van der Waals surface area contributed by atoms with E-state index in [0.717, 1.165) is 11.3 Å². The second-order valence-corrected chi connectivity index (χ2v) is 5.52. The number of ether oxygens (including phenoxy) is 2. The van der Waals surface area contributed by atoms with Gasteiger partial charge in [0.1, 0.15) is 17.2 Å². The summed E-state index contributed by atoms with van der Waals surface area (Å²) in [6.07, 6.45) is -0.668. The minimum absolute atomic E-state index is 0.274. The lowest BCUT2D eigenvalue weighted by atomic mass is 10.1. The van der Waals surface area contributed by atoms with Crippen LogP contribution in [0.4, 0.5) is 0 Å². The summed E-state index contributed by atoms with van der Waals surface area (Å²) in [5.41, 5.74) is 0.865. The van der Waals surface area contributed by atoms with Crippen LogP contribution in [0.2, 0.25) is 0 Å². The van der Waals surface area contributed by atoms with E-state index in [1.54, 1.807) is 12.1 Å². The zero-order valence-corrected chi connectivity index (χ0v) is 13.5. The first kappa shape index (κ1) is 16.6. The molecule has 0 bridgehead atoms. The molecule has 4 nitrogen and oxygen atoms in total. The SMILES string of the molecule is O=C(O)[C@@H](Cc1ccc(Oc2ccccc2)cc1)Oc1ccccc1. The number of benzene rings is 3. The Bertz CT molecular complexity index is 798. The monoisotopic (exact) mass is 334 g/mol. The average molecular weight is 334 g/mol. The normalized spacial score (nSPS) is 11.5. The Morgan fingerprint density at radius 3 is 1.84 bits per heavy atom. The highest BCUT2D eigenvalue weighted by Crippen LogP contribution is 2.22. The fourth-order valence-electron chi connectivity index (χ4n) is 2.37. The molecule has 0 aliphatic carbocycles. The van der Waals surface area contributed by atoms with Gasteiger partial charge < -0.3 is 14.6 Å². The molecular formula is C21H18O4. The lowest BCUT2D eigenvalue weighted by molar-refractivity contribution is -0.145. The molecule has 0 aliphatic heterocycles. The number of carboxylic acid groups (broad SMARTS) is 1. The molecule has 0 radical (unpaired) electrons. The van der Waals surface area contributed by atoms with Gasteiger partial charge in [-0.1, -0.05) is 48.5 Å². The maximum atomic E-state index is 11.5. The smallest absolute Gasteiger partial charge is 0.345 e. The molecule has 0 aliphatic rings. The Morgan fingerprint density at radius 2 is 1.28 bits per heavy atom. The molecule has 0 heterocycles. The van der Waals surface area contributed by atoms with E-state index in [1.807, 2.05) is 72.8 Å². The fourth-order valence-corrected chi connectivity index (χ4v) is 2.37. The molecule has 0 amide bonds. The van der Waals surface area contributed by atoms with E-state index in [0.29, 0.717) is 11.5 Å². The van der Waals surface area contributed by atoms with Crippen LogP contribution < -0.4 is 9.47 Å². The van der Waals surface area contributed by atoms with Crippen molar-refractivity contribution in [3.8, 4) is 17.2 Å². The number of hydrogen-bond acceptors (Lipinski definition) is 3. The third-order valence-electron chi connectivity index (χ3n) is 3.62. The van der Waals surface area contributed by atoms with E-state index in [1.165, 1.54) is 0 Å². The zero-order valence-electron chi connectivity index (χ0n) is 13.5. The molecule has 1 atom stereocenters. The number of hydrogen-bond donors (Lipinski definition) is 1.